The average Bonchev–Trinajstić information content (AvgIpc) is 2.66. The highest BCUT2D eigenvalue weighted by Gasteiger charge is 2.34. The maximum Gasteiger partial charge on any atom is 0.342 e. The molecule has 6 nitrogen and oxygen atoms in total. The zero-order chi connectivity index (χ0) is 19.2. The van der Waals surface area contributed by atoms with Gasteiger partial charge in [-0.05, 0) is 35.1 Å². The standard InChI is InChI=1S/C21H23N3O3/c1-14(2)11-17(23-24-22)19-12-16-9-6-10-18(20(16)21(25)27-19)26-13-15-7-4-3-5-8-15/h3-10,14,17,19H,11-13H2,1-2H3/t17-,19-/m0/s1. The number of fused-ring (bicyclic) bond motifs is 1. The normalized spacial score (nSPS) is 16.9. The van der Waals surface area contributed by atoms with Crippen molar-refractivity contribution in [1.82, 2.24) is 0 Å². The van der Waals surface area contributed by atoms with Crippen LogP contribution in [-0.2, 0) is 17.8 Å². The van der Waals surface area contributed by atoms with Gasteiger partial charge >= 0.3 is 5.97 Å². The topological polar surface area (TPSA) is 84.3 Å². The molecular formula is C21H23N3O3. The number of hydrogen-bond donors (Lipinski definition) is 0. The van der Waals surface area contributed by atoms with Gasteiger partial charge in [-0.25, -0.2) is 4.79 Å². The molecular weight excluding hydrogens is 342 g/mol. The van der Waals surface area contributed by atoms with E-state index in [1.165, 1.54) is 0 Å². The number of benzene rings is 2. The van der Waals surface area contributed by atoms with Crippen LogP contribution >= 0.6 is 0 Å². The molecule has 1 aliphatic heterocycles. The molecule has 0 spiro atoms. The first-order chi connectivity index (χ1) is 13.1. The van der Waals surface area contributed by atoms with E-state index in [1.807, 2.05) is 56.3 Å². The Labute approximate surface area is 158 Å². The number of carbonyl (C=O) groups excluding carboxylic acids is 1. The first-order valence-electron chi connectivity index (χ1n) is 9.12. The Kier molecular flexibility index (Phi) is 5.99. The third-order valence-electron chi connectivity index (χ3n) is 4.58. The summed E-state index contributed by atoms with van der Waals surface area (Å²) >= 11 is 0. The summed E-state index contributed by atoms with van der Waals surface area (Å²) in [6, 6.07) is 15.0. The largest absolute Gasteiger partial charge is 0.488 e. The van der Waals surface area contributed by atoms with Crippen molar-refractivity contribution in [3.63, 3.8) is 0 Å². The van der Waals surface area contributed by atoms with Crippen molar-refractivity contribution in [2.75, 3.05) is 0 Å². The van der Waals surface area contributed by atoms with E-state index >= 15 is 0 Å². The second-order valence-electron chi connectivity index (χ2n) is 7.11. The molecule has 0 amide bonds. The van der Waals surface area contributed by atoms with E-state index in [2.05, 4.69) is 10.0 Å². The number of hydrogen-bond acceptors (Lipinski definition) is 4. The first kappa shape index (κ1) is 18.8. The number of nitrogens with zero attached hydrogens (tertiary/aromatic N) is 3. The summed E-state index contributed by atoms with van der Waals surface area (Å²) in [5, 5.41) is 3.87. The third-order valence-corrected chi connectivity index (χ3v) is 4.58. The molecule has 1 aliphatic rings. The molecule has 6 heteroatoms. The number of azide groups is 1. The summed E-state index contributed by atoms with van der Waals surface area (Å²) < 4.78 is 11.5. The number of cyclic esters (lactones) is 1. The fraction of sp³-hybridized carbons (Fsp3) is 0.381. The van der Waals surface area contributed by atoms with Gasteiger partial charge in [0.2, 0.25) is 0 Å². The fourth-order valence-corrected chi connectivity index (χ4v) is 3.33. The Bertz CT molecular complexity index is 845. The lowest BCUT2D eigenvalue weighted by Gasteiger charge is -2.30. The number of rotatable bonds is 7. The molecule has 0 N–H and O–H groups in total. The van der Waals surface area contributed by atoms with E-state index in [4.69, 9.17) is 15.0 Å². The van der Waals surface area contributed by atoms with Crippen LogP contribution in [0.3, 0.4) is 0 Å². The number of carbonyl (C=O) groups is 1. The van der Waals surface area contributed by atoms with Crippen LogP contribution in [-0.4, -0.2) is 18.1 Å². The lowest BCUT2D eigenvalue weighted by atomic mass is 9.91. The summed E-state index contributed by atoms with van der Waals surface area (Å²) in [6.45, 7) is 4.48. The zero-order valence-corrected chi connectivity index (χ0v) is 15.5. The van der Waals surface area contributed by atoms with Gasteiger partial charge in [-0.3, -0.25) is 0 Å². The maximum atomic E-state index is 12.7. The van der Waals surface area contributed by atoms with Crippen LogP contribution in [0.25, 0.3) is 10.4 Å². The third kappa shape index (κ3) is 4.60. The Balaban J connectivity index is 1.80. The van der Waals surface area contributed by atoms with Gasteiger partial charge in [-0.15, -0.1) is 0 Å². The predicted octanol–water partition coefficient (Wildman–Crippen LogP) is 5.07. The van der Waals surface area contributed by atoms with Crippen molar-refractivity contribution in [3.8, 4) is 5.75 Å². The molecule has 0 bridgehead atoms. The van der Waals surface area contributed by atoms with Gasteiger partial charge in [0.1, 0.15) is 24.0 Å². The van der Waals surface area contributed by atoms with Crippen molar-refractivity contribution in [3.05, 3.63) is 75.7 Å². The van der Waals surface area contributed by atoms with Gasteiger partial charge in [-0.1, -0.05) is 61.4 Å². The van der Waals surface area contributed by atoms with E-state index in [0.29, 0.717) is 36.7 Å². The SMILES string of the molecule is CC(C)C[C@H](N=[N+]=[N-])[C@@H]1Cc2cccc(OCc3ccccc3)c2C(=O)O1. The van der Waals surface area contributed by atoms with Gasteiger partial charge < -0.3 is 9.47 Å². The van der Waals surface area contributed by atoms with E-state index in [9.17, 15) is 4.79 Å². The minimum atomic E-state index is -0.451. The molecule has 0 saturated carbocycles. The van der Waals surface area contributed by atoms with Crippen LogP contribution in [0, 0.1) is 5.92 Å². The molecule has 0 aliphatic carbocycles. The van der Waals surface area contributed by atoms with E-state index in [-0.39, 0.29) is 6.04 Å². The minimum Gasteiger partial charge on any atom is -0.488 e. The van der Waals surface area contributed by atoms with Crippen LogP contribution in [0.15, 0.2) is 53.6 Å². The van der Waals surface area contributed by atoms with Gasteiger partial charge in [0, 0.05) is 11.3 Å². The first-order valence-corrected chi connectivity index (χ1v) is 9.12. The number of esters is 1. The lowest BCUT2D eigenvalue weighted by Crippen LogP contribution is -2.37. The summed E-state index contributed by atoms with van der Waals surface area (Å²) in [5.41, 5.74) is 11.2. The summed E-state index contributed by atoms with van der Waals surface area (Å²) in [7, 11) is 0. The lowest BCUT2D eigenvalue weighted by molar-refractivity contribution is 0.0168. The fourth-order valence-electron chi connectivity index (χ4n) is 3.33. The van der Waals surface area contributed by atoms with Crippen molar-refractivity contribution in [2.45, 2.75) is 45.4 Å². The molecule has 2 aromatic carbocycles. The van der Waals surface area contributed by atoms with Crippen LogP contribution in [0.5, 0.6) is 5.75 Å². The molecule has 27 heavy (non-hydrogen) atoms. The Morgan fingerprint density at radius 2 is 2.00 bits per heavy atom. The maximum absolute atomic E-state index is 12.7. The highest BCUT2D eigenvalue weighted by atomic mass is 16.5. The molecule has 2 atom stereocenters. The second-order valence-corrected chi connectivity index (χ2v) is 7.11. The summed E-state index contributed by atoms with van der Waals surface area (Å²) in [6.07, 6.45) is 0.731. The molecule has 0 radical (unpaired) electrons. The van der Waals surface area contributed by atoms with E-state index < -0.39 is 12.1 Å². The minimum absolute atomic E-state index is 0.334. The van der Waals surface area contributed by atoms with Crippen LogP contribution in [0.1, 0.15) is 41.8 Å². The van der Waals surface area contributed by atoms with Crippen LogP contribution in [0.2, 0.25) is 0 Å². The Hall–Kier alpha value is -2.98. The average molecular weight is 365 g/mol. The molecule has 0 unspecified atom stereocenters. The monoisotopic (exact) mass is 365 g/mol. The van der Waals surface area contributed by atoms with E-state index in [1.54, 1.807) is 6.07 Å². The van der Waals surface area contributed by atoms with Gasteiger partial charge in [-0.2, -0.15) is 0 Å². The van der Waals surface area contributed by atoms with E-state index in [0.717, 1.165) is 11.1 Å². The second kappa shape index (κ2) is 8.60. The molecule has 3 rings (SSSR count). The Morgan fingerprint density at radius 3 is 2.70 bits per heavy atom. The molecule has 0 saturated heterocycles. The van der Waals surface area contributed by atoms with Gasteiger partial charge in [0.25, 0.3) is 0 Å². The quantitative estimate of drug-likeness (QED) is 0.297. The zero-order valence-electron chi connectivity index (χ0n) is 15.5. The molecule has 140 valence electrons. The van der Waals surface area contributed by atoms with Crippen molar-refractivity contribution >= 4 is 5.97 Å². The van der Waals surface area contributed by atoms with Crippen molar-refractivity contribution < 1.29 is 14.3 Å². The Morgan fingerprint density at radius 1 is 1.22 bits per heavy atom. The van der Waals surface area contributed by atoms with Gasteiger partial charge in [0.05, 0.1) is 6.04 Å². The van der Waals surface area contributed by atoms with Crippen molar-refractivity contribution in [2.24, 2.45) is 11.0 Å². The van der Waals surface area contributed by atoms with Crippen molar-refractivity contribution in [1.29, 1.82) is 0 Å². The smallest absolute Gasteiger partial charge is 0.342 e. The highest BCUT2D eigenvalue weighted by molar-refractivity contribution is 5.95. The van der Waals surface area contributed by atoms with Gasteiger partial charge in [0.15, 0.2) is 0 Å². The number of ether oxygens (including phenoxy) is 2. The molecule has 2 aromatic rings. The summed E-state index contributed by atoms with van der Waals surface area (Å²) in [5.74, 6) is 0.428. The molecule has 0 fully saturated rings. The summed E-state index contributed by atoms with van der Waals surface area (Å²) in [4.78, 5) is 15.6. The predicted molar refractivity (Wildman–Crippen MR) is 103 cm³/mol. The highest BCUT2D eigenvalue weighted by Crippen LogP contribution is 2.32. The van der Waals surface area contributed by atoms with Crippen LogP contribution < -0.4 is 4.74 Å². The van der Waals surface area contributed by atoms with Crippen LogP contribution in [0.4, 0.5) is 0 Å². The molecule has 1 heterocycles. The molecule has 0 aromatic heterocycles.